The van der Waals surface area contributed by atoms with E-state index >= 15 is 0 Å². The molecule has 0 amide bonds. The molecule has 2 nitrogen and oxygen atoms in total. The van der Waals surface area contributed by atoms with Gasteiger partial charge in [0, 0.05) is 0 Å². The maximum absolute atomic E-state index is 4.54. The lowest BCUT2D eigenvalue weighted by Crippen LogP contribution is -2.26. The smallest absolute Gasteiger partial charge is 0.0903 e. The summed E-state index contributed by atoms with van der Waals surface area (Å²) in [5.41, 5.74) is 0.352. The van der Waals surface area contributed by atoms with E-state index in [2.05, 4.69) is 85.2 Å². The van der Waals surface area contributed by atoms with Crippen LogP contribution in [0, 0.1) is 10.8 Å². The Kier molecular flexibility index (Phi) is 5.60. The van der Waals surface area contributed by atoms with Crippen molar-refractivity contribution in [2.75, 3.05) is 0 Å². The van der Waals surface area contributed by atoms with Gasteiger partial charge < -0.3 is 0 Å². The molecule has 0 radical (unpaired) electrons. The molecule has 0 aromatic heterocycles. The Hall–Kier alpha value is -0.620. The molecule has 0 rings (SSSR count). The largest absolute Gasteiger partial charge is 0.219 e. The van der Waals surface area contributed by atoms with Gasteiger partial charge in [0.15, 0.2) is 0 Å². The molecule has 0 aromatic carbocycles. The zero-order valence-corrected chi connectivity index (χ0v) is 14.8. The zero-order chi connectivity index (χ0) is 15.5. The summed E-state index contributed by atoms with van der Waals surface area (Å²) in [5, 5.41) is 0. The number of hydrogen-bond donors (Lipinski definition) is 0. The fourth-order valence-electron chi connectivity index (χ4n) is 2.97. The molecule has 0 atom stereocenters. The van der Waals surface area contributed by atoms with E-state index in [0.717, 1.165) is 12.8 Å². The second kappa shape index (κ2) is 5.79. The molecule has 19 heavy (non-hydrogen) atoms. The Balaban J connectivity index is 4.83. The normalized spacial score (nSPS) is 14.0. The lowest BCUT2D eigenvalue weighted by atomic mass is 9.82. The van der Waals surface area contributed by atoms with Crippen LogP contribution in [0.25, 0.3) is 0 Å². The van der Waals surface area contributed by atoms with Crippen molar-refractivity contribution in [2.45, 2.75) is 93.2 Å². The average Bonchev–Trinajstić information content (AvgIpc) is 1.90. The Bertz CT molecular complexity index is 310. The monoisotopic (exact) mass is 266 g/mol. The minimum absolute atomic E-state index is 0.0977. The Morgan fingerprint density at radius 3 is 1.05 bits per heavy atom. The standard InChI is InChI=1S/C17H34N2/c1-14(2,3)11-16(7,8)18-13-19-17(9,10)12-15(4,5)6/h11-12H2,1-10H3. The van der Waals surface area contributed by atoms with Crippen molar-refractivity contribution in [3.63, 3.8) is 0 Å². The lowest BCUT2D eigenvalue weighted by molar-refractivity contribution is 0.285. The zero-order valence-electron chi connectivity index (χ0n) is 14.8. The molecule has 0 spiro atoms. The summed E-state index contributed by atoms with van der Waals surface area (Å²) in [6.07, 6.45) is 2.06. The van der Waals surface area contributed by atoms with E-state index in [-0.39, 0.29) is 21.9 Å². The second-order valence-corrected chi connectivity index (χ2v) is 9.42. The molecule has 0 unspecified atom stereocenters. The SMILES string of the molecule is CC(C)(C)CC(C)(C)N=C=NC(C)(C)CC(C)(C)C. The van der Waals surface area contributed by atoms with E-state index in [1.165, 1.54) is 0 Å². The van der Waals surface area contributed by atoms with Crippen molar-refractivity contribution in [1.82, 2.24) is 0 Å². The first kappa shape index (κ1) is 18.4. The van der Waals surface area contributed by atoms with Gasteiger partial charge in [0.1, 0.15) is 0 Å². The van der Waals surface area contributed by atoms with Gasteiger partial charge in [0.25, 0.3) is 0 Å². The molecule has 0 saturated carbocycles. The van der Waals surface area contributed by atoms with Crippen molar-refractivity contribution in [3.8, 4) is 0 Å². The molecule has 0 saturated heterocycles. The van der Waals surface area contributed by atoms with Gasteiger partial charge in [-0.1, -0.05) is 41.5 Å². The summed E-state index contributed by atoms with van der Waals surface area (Å²) in [4.78, 5) is 9.08. The minimum Gasteiger partial charge on any atom is -0.219 e. The van der Waals surface area contributed by atoms with E-state index < -0.39 is 0 Å². The highest BCUT2D eigenvalue weighted by Gasteiger charge is 2.26. The topological polar surface area (TPSA) is 24.7 Å². The number of nitrogens with zero attached hydrogens (tertiary/aromatic N) is 2. The van der Waals surface area contributed by atoms with Crippen LogP contribution in [0.3, 0.4) is 0 Å². The van der Waals surface area contributed by atoms with Crippen LogP contribution in [-0.4, -0.2) is 17.1 Å². The van der Waals surface area contributed by atoms with E-state index in [0.29, 0.717) is 0 Å². The summed E-state index contributed by atoms with van der Waals surface area (Å²) in [6.45, 7) is 22.0. The lowest BCUT2D eigenvalue weighted by Gasteiger charge is -2.29. The van der Waals surface area contributed by atoms with Crippen LogP contribution in [0.4, 0.5) is 0 Å². The Labute approximate surface area is 120 Å². The van der Waals surface area contributed by atoms with E-state index in [1.807, 2.05) is 0 Å². The quantitative estimate of drug-likeness (QED) is 0.593. The molecular formula is C17H34N2. The van der Waals surface area contributed by atoms with Crippen molar-refractivity contribution in [3.05, 3.63) is 0 Å². The summed E-state index contributed by atoms with van der Waals surface area (Å²) in [7, 11) is 0. The van der Waals surface area contributed by atoms with Gasteiger partial charge in [0.05, 0.1) is 17.1 Å². The van der Waals surface area contributed by atoms with Crippen LogP contribution in [-0.2, 0) is 0 Å². The molecule has 0 aliphatic heterocycles. The van der Waals surface area contributed by atoms with E-state index in [1.54, 1.807) is 0 Å². The third kappa shape index (κ3) is 10.9. The molecular weight excluding hydrogens is 232 g/mol. The molecule has 112 valence electrons. The Morgan fingerprint density at radius 1 is 0.579 bits per heavy atom. The maximum atomic E-state index is 4.54. The van der Waals surface area contributed by atoms with Crippen molar-refractivity contribution < 1.29 is 0 Å². The van der Waals surface area contributed by atoms with Crippen LogP contribution in [0.15, 0.2) is 9.98 Å². The van der Waals surface area contributed by atoms with Gasteiger partial charge in [0.2, 0.25) is 0 Å². The summed E-state index contributed by atoms with van der Waals surface area (Å²) in [5.74, 6) is 0. The number of hydrogen-bond acceptors (Lipinski definition) is 2. The van der Waals surface area contributed by atoms with Gasteiger partial charge in [-0.3, -0.25) is 0 Å². The molecule has 0 aromatic rings. The van der Waals surface area contributed by atoms with Gasteiger partial charge in [-0.15, -0.1) is 0 Å². The van der Waals surface area contributed by atoms with Crippen molar-refractivity contribution >= 4 is 6.01 Å². The van der Waals surface area contributed by atoms with Gasteiger partial charge in [-0.2, -0.15) is 0 Å². The summed E-state index contributed by atoms with van der Waals surface area (Å²) < 4.78 is 0. The van der Waals surface area contributed by atoms with Gasteiger partial charge in [-0.05, 0) is 51.4 Å². The summed E-state index contributed by atoms with van der Waals surface area (Å²) in [6, 6.07) is 2.96. The first-order valence-corrected chi connectivity index (χ1v) is 7.31. The third-order valence-electron chi connectivity index (χ3n) is 2.63. The predicted molar refractivity (Wildman–Crippen MR) is 86.2 cm³/mol. The molecule has 0 aliphatic rings. The minimum atomic E-state index is -0.0977. The first-order valence-electron chi connectivity index (χ1n) is 7.31. The fourth-order valence-corrected chi connectivity index (χ4v) is 2.97. The predicted octanol–water partition coefficient (Wildman–Crippen LogP) is 5.59. The summed E-state index contributed by atoms with van der Waals surface area (Å²) >= 11 is 0. The molecule has 0 N–H and O–H groups in total. The molecule has 0 fully saturated rings. The van der Waals surface area contributed by atoms with Crippen LogP contribution < -0.4 is 0 Å². The highest BCUT2D eigenvalue weighted by atomic mass is 14.9. The van der Waals surface area contributed by atoms with Gasteiger partial charge in [-0.25, -0.2) is 9.98 Å². The van der Waals surface area contributed by atoms with Crippen molar-refractivity contribution in [2.24, 2.45) is 20.8 Å². The average molecular weight is 266 g/mol. The highest BCUT2D eigenvalue weighted by Crippen LogP contribution is 2.30. The van der Waals surface area contributed by atoms with Crippen LogP contribution in [0.1, 0.15) is 82.1 Å². The third-order valence-corrected chi connectivity index (χ3v) is 2.63. The van der Waals surface area contributed by atoms with Crippen LogP contribution in [0.2, 0.25) is 0 Å². The molecule has 0 heterocycles. The van der Waals surface area contributed by atoms with Crippen LogP contribution in [0.5, 0.6) is 0 Å². The molecule has 2 heteroatoms. The number of rotatable bonds is 4. The second-order valence-electron chi connectivity index (χ2n) is 9.42. The Morgan fingerprint density at radius 2 is 0.842 bits per heavy atom. The maximum Gasteiger partial charge on any atom is 0.0903 e. The fraction of sp³-hybridized carbons (Fsp3) is 0.941. The molecule has 0 bridgehead atoms. The van der Waals surface area contributed by atoms with Crippen LogP contribution >= 0.6 is 0 Å². The first-order chi connectivity index (χ1) is 8.12. The number of aliphatic imine (C=N–C) groups is 2. The highest BCUT2D eigenvalue weighted by molar-refractivity contribution is 5.43. The molecule has 0 aliphatic carbocycles. The van der Waals surface area contributed by atoms with Crippen molar-refractivity contribution in [1.29, 1.82) is 0 Å². The van der Waals surface area contributed by atoms with E-state index in [4.69, 9.17) is 0 Å². The van der Waals surface area contributed by atoms with E-state index in [9.17, 15) is 0 Å². The van der Waals surface area contributed by atoms with Gasteiger partial charge >= 0.3 is 0 Å².